The van der Waals surface area contributed by atoms with E-state index < -0.39 is 17.6 Å². The summed E-state index contributed by atoms with van der Waals surface area (Å²) < 4.78 is 39.0. The molecular formula is C19H22F3N3O2S. The van der Waals surface area contributed by atoms with Crippen LogP contribution in [0.15, 0.2) is 41.8 Å². The molecule has 1 aromatic carbocycles. The fourth-order valence-electron chi connectivity index (χ4n) is 2.55. The quantitative estimate of drug-likeness (QED) is 0.663. The molecule has 0 spiro atoms. The highest BCUT2D eigenvalue weighted by Crippen LogP contribution is 2.34. The van der Waals surface area contributed by atoms with Crippen molar-refractivity contribution < 1.29 is 22.8 Å². The fourth-order valence-corrected chi connectivity index (χ4v) is 3.26. The molecule has 9 heteroatoms. The Bertz CT molecular complexity index is 779. The average molecular weight is 413 g/mol. The summed E-state index contributed by atoms with van der Waals surface area (Å²) in [6.45, 7) is 2.49. The molecule has 28 heavy (non-hydrogen) atoms. The number of rotatable bonds is 9. The lowest BCUT2D eigenvalue weighted by Gasteiger charge is -2.20. The molecule has 2 rings (SSSR count). The zero-order chi connectivity index (χ0) is 20.6. The SMILES string of the molecule is CCN(CC(=O)NCCc1cccs1)CC(=O)Nc1ccccc1C(F)(F)F. The van der Waals surface area contributed by atoms with Crippen LogP contribution in [0.5, 0.6) is 0 Å². The van der Waals surface area contributed by atoms with Crippen LogP contribution in [0.3, 0.4) is 0 Å². The van der Waals surface area contributed by atoms with Crippen LogP contribution in [0.25, 0.3) is 0 Å². The second-order valence-electron chi connectivity index (χ2n) is 6.07. The van der Waals surface area contributed by atoms with Gasteiger partial charge in [-0.15, -0.1) is 11.3 Å². The molecule has 0 aliphatic carbocycles. The number of carbonyl (C=O) groups excluding carboxylic acids is 2. The zero-order valence-corrected chi connectivity index (χ0v) is 16.2. The topological polar surface area (TPSA) is 61.4 Å². The van der Waals surface area contributed by atoms with Crippen molar-refractivity contribution in [2.24, 2.45) is 0 Å². The van der Waals surface area contributed by atoms with E-state index in [-0.39, 0.29) is 24.7 Å². The van der Waals surface area contributed by atoms with E-state index in [0.717, 1.165) is 17.4 Å². The molecule has 0 unspecified atom stereocenters. The van der Waals surface area contributed by atoms with Gasteiger partial charge in [0.05, 0.1) is 24.3 Å². The van der Waals surface area contributed by atoms with Crippen LogP contribution in [0, 0.1) is 0 Å². The van der Waals surface area contributed by atoms with E-state index in [1.54, 1.807) is 23.2 Å². The summed E-state index contributed by atoms with van der Waals surface area (Å²) in [7, 11) is 0. The Kier molecular flexibility index (Phi) is 8.01. The number of hydrogen-bond acceptors (Lipinski definition) is 4. The van der Waals surface area contributed by atoms with Crippen molar-refractivity contribution in [3.05, 3.63) is 52.2 Å². The molecule has 2 amide bonds. The molecule has 0 radical (unpaired) electrons. The van der Waals surface area contributed by atoms with Gasteiger partial charge in [0.1, 0.15) is 0 Å². The van der Waals surface area contributed by atoms with Crippen LogP contribution in [0.4, 0.5) is 18.9 Å². The van der Waals surface area contributed by atoms with Crippen molar-refractivity contribution in [3.8, 4) is 0 Å². The monoisotopic (exact) mass is 413 g/mol. The van der Waals surface area contributed by atoms with Crippen LogP contribution in [0.1, 0.15) is 17.4 Å². The van der Waals surface area contributed by atoms with Crippen molar-refractivity contribution in [1.82, 2.24) is 10.2 Å². The Morgan fingerprint density at radius 3 is 2.43 bits per heavy atom. The van der Waals surface area contributed by atoms with Gasteiger partial charge in [-0.1, -0.05) is 25.1 Å². The molecular weight excluding hydrogens is 391 g/mol. The number of nitrogens with one attached hydrogen (secondary N) is 2. The summed E-state index contributed by atoms with van der Waals surface area (Å²) in [4.78, 5) is 26.9. The van der Waals surface area contributed by atoms with Crippen molar-refractivity contribution >= 4 is 28.8 Å². The Hall–Kier alpha value is -2.39. The highest BCUT2D eigenvalue weighted by molar-refractivity contribution is 7.09. The van der Waals surface area contributed by atoms with Crippen molar-refractivity contribution in [1.29, 1.82) is 0 Å². The predicted octanol–water partition coefficient (Wildman–Crippen LogP) is 3.39. The number of halogens is 3. The Morgan fingerprint density at radius 2 is 1.79 bits per heavy atom. The fraction of sp³-hybridized carbons (Fsp3) is 0.368. The average Bonchev–Trinajstić information content (AvgIpc) is 3.14. The van der Waals surface area contributed by atoms with Crippen LogP contribution in [0.2, 0.25) is 0 Å². The van der Waals surface area contributed by atoms with Crippen LogP contribution >= 0.6 is 11.3 Å². The minimum atomic E-state index is -4.56. The van der Waals surface area contributed by atoms with Crippen molar-refractivity contribution in [3.63, 3.8) is 0 Å². The number of hydrogen-bond donors (Lipinski definition) is 2. The maximum atomic E-state index is 13.0. The molecule has 2 N–H and O–H groups in total. The highest BCUT2D eigenvalue weighted by atomic mass is 32.1. The first-order valence-electron chi connectivity index (χ1n) is 8.77. The van der Waals surface area contributed by atoms with E-state index in [1.165, 1.54) is 18.2 Å². The number of alkyl halides is 3. The van der Waals surface area contributed by atoms with E-state index in [4.69, 9.17) is 0 Å². The number of thiophene rings is 1. The summed E-state index contributed by atoms with van der Waals surface area (Å²) in [6.07, 6.45) is -3.83. The number of likely N-dealkylation sites (N-methyl/N-ethyl adjacent to an activating group) is 1. The van der Waals surface area contributed by atoms with Gasteiger partial charge < -0.3 is 10.6 Å². The molecule has 1 heterocycles. The third kappa shape index (κ3) is 6.97. The number of anilines is 1. The van der Waals surface area contributed by atoms with Gasteiger partial charge in [-0.2, -0.15) is 13.2 Å². The number of nitrogens with zero attached hydrogens (tertiary/aromatic N) is 1. The van der Waals surface area contributed by atoms with E-state index >= 15 is 0 Å². The first-order valence-corrected chi connectivity index (χ1v) is 9.65. The molecule has 0 fully saturated rings. The van der Waals surface area contributed by atoms with E-state index in [2.05, 4.69) is 10.6 Å². The Labute approximate surface area is 165 Å². The van der Waals surface area contributed by atoms with Crippen LogP contribution in [-0.4, -0.2) is 42.9 Å². The number of amides is 2. The van der Waals surface area contributed by atoms with Gasteiger partial charge in [0.25, 0.3) is 0 Å². The van der Waals surface area contributed by atoms with Gasteiger partial charge in [0.15, 0.2) is 0 Å². The maximum Gasteiger partial charge on any atom is 0.418 e. The van der Waals surface area contributed by atoms with E-state index in [0.29, 0.717) is 13.1 Å². The lowest BCUT2D eigenvalue weighted by Crippen LogP contribution is -2.41. The standard InChI is InChI=1S/C19H22F3N3O2S/c1-2-25(12-17(26)23-10-9-14-6-5-11-28-14)13-18(27)24-16-8-4-3-7-15(16)19(20,21)22/h3-8,11H,2,9-10,12-13H2,1H3,(H,23,26)(H,24,27). The first-order chi connectivity index (χ1) is 13.3. The normalized spacial score (nSPS) is 11.5. The second kappa shape index (κ2) is 10.2. The molecule has 0 bridgehead atoms. The van der Waals surface area contributed by atoms with E-state index in [1.807, 2.05) is 17.5 Å². The molecule has 0 saturated carbocycles. The molecule has 5 nitrogen and oxygen atoms in total. The van der Waals surface area contributed by atoms with Gasteiger partial charge >= 0.3 is 6.18 Å². The van der Waals surface area contributed by atoms with Gasteiger partial charge in [0, 0.05) is 11.4 Å². The van der Waals surface area contributed by atoms with Gasteiger partial charge in [-0.3, -0.25) is 14.5 Å². The van der Waals surface area contributed by atoms with E-state index in [9.17, 15) is 22.8 Å². The van der Waals surface area contributed by atoms with Crippen LogP contribution in [-0.2, 0) is 22.2 Å². The molecule has 0 atom stereocenters. The lowest BCUT2D eigenvalue weighted by molar-refractivity contribution is -0.137. The second-order valence-corrected chi connectivity index (χ2v) is 7.11. The predicted molar refractivity (Wildman–Crippen MR) is 103 cm³/mol. The molecule has 2 aromatic rings. The van der Waals surface area contributed by atoms with Crippen molar-refractivity contribution in [2.75, 3.05) is 31.5 Å². The minimum absolute atomic E-state index is 0.00468. The summed E-state index contributed by atoms with van der Waals surface area (Å²) in [6, 6.07) is 8.72. The zero-order valence-electron chi connectivity index (χ0n) is 15.4. The van der Waals surface area contributed by atoms with Gasteiger partial charge in [-0.25, -0.2) is 0 Å². The molecule has 152 valence electrons. The smallest absolute Gasteiger partial charge is 0.355 e. The number of carbonyl (C=O) groups is 2. The van der Waals surface area contributed by atoms with Gasteiger partial charge in [-0.05, 0) is 36.5 Å². The summed E-state index contributed by atoms with van der Waals surface area (Å²) in [5.74, 6) is -0.841. The Balaban J connectivity index is 1.83. The third-order valence-electron chi connectivity index (χ3n) is 3.96. The number of benzene rings is 1. The Morgan fingerprint density at radius 1 is 1.07 bits per heavy atom. The van der Waals surface area contributed by atoms with Crippen LogP contribution < -0.4 is 10.6 Å². The highest BCUT2D eigenvalue weighted by Gasteiger charge is 2.33. The molecule has 0 aliphatic heterocycles. The summed E-state index contributed by atoms with van der Waals surface area (Å²) in [5, 5.41) is 7.03. The molecule has 1 aromatic heterocycles. The largest absolute Gasteiger partial charge is 0.418 e. The molecule has 0 aliphatic rings. The first kappa shape index (κ1) is 21.9. The maximum absolute atomic E-state index is 13.0. The minimum Gasteiger partial charge on any atom is -0.355 e. The summed E-state index contributed by atoms with van der Waals surface area (Å²) in [5.41, 5.74) is -1.20. The lowest BCUT2D eigenvalue weighted by atomic mass is 10.1. The third-order valence-corrected chi connectivity index (χ3v) is 4.90. The summed E-state index contributed by atoms with van der Waals surface area (Å²) >= 11 is 1.61. The van der Waals surface area contributed by atoms with Crippen molar-refractivity contribution in [2.45, 2.75) is 19.5 Å². The van der Waals surface area contributed by atoms with Gasteiger partial charge in [0.2, 0.25) is 11.8 Å². The molecule has 0 saturated heterocycles. The number of para-hydroxylation sites is 1.